The SMILES string of the molecule is CCC(O)c1ccccc1N1CCCC1CO. The van der Waals surface area contributed by atoms with Crippen molar-refractivity contribution >= 4 is 5.69 Å². The van der Waals surface area contributed by atoms with Crippen LogP contribution in [0.2, 0.25) is 0 Å². The van der Waals surface area contributed by atoms with Crippen molar-refractivity contribution in [1.82, 2.24) is 0 Å². The van der Waals surface area contributed by atoms with Gasteiger partial charge < -0.3 is 15.1 Å². The standard InChI is InChI=1S/C14H21NO2/c1-2-14(17)12-7-3-4-8-13(12)15-9-5-6-11(15)10-16/h3-4,7-8,11,14,16-17H,2,5-6,9-10H2,1H3. The predicted molar refractivity (Wildman–Crippen MR) is 69.1 cm³/mol. The molecule has 2 atom stereocenters. The Morgan fingerprint density at radius 3 is 2.88 bits per heavy atom. The highest BCUT2D eigenvalue weighted by Gasteiger charge is 2.26. The summed E-state index contributed by atoms with van der Waals surface area (Å²) in [4.78, 5) is 2.23. The predicted octanol–water partition coefficient (Wildman–Crippen LogP) is 2.09. The lowest BCUT2D eigenvalue weighted by Crippen LogP contribution is -2.33. The number of anilines is 1. The third-order valence-corrected chi connectivity index (χ3v) is 3.58. The third-order valence-electron chi connectivity index (χ3n) is 3.58. The minimum absolute atomic E-state index is 0.191. The van der Waals surface area contributed by atoms with Crippen LogP contribution in [-0.2, 0) is 0 Å². The first-order valence-corrected chi connectivity index (χ1v) is 6.42. The van der Waals surface area contributed by atoms with Crippen LogP contribution >= 0.6 is 0 Å². The molecule has 1 saturated heterocycles. The molecule has 0 aromatic heterocycles. The van der Waals surface area contributed by atoms with Gasteiger partial charge in [0.05, 0.1) is 18.8 Å². The molecule has 1 heterocycles. The van der Waals surface area contributed by atoms with E-state index in [1.165, 1.54) is 0 Å². The summed E-state index contributed by atoms with van der Waals surface area (Å²) < 4.78 is 0. The van der Waals surface area contributed by atoms with Crippen molar-refractivity contribution in [3.63, 3.8) is 0 Å². The monoisotopic (exact) mass is 235 g/mol. The number of para-hydroxylation sites is 1. The fourth-order valence-corrected chi connectivity index (χ4v) is 2.59. The van der Waals surface area contributed by atoms with Crippen LogP contribution in [0, 0.1) is 0 Å². The van der Waals surface area contributed by atoms with Crippen LogP contribution in [0.25, 0.3) is 0 Å². The molecule has 1 fully saturated rings. The normalized spacial score (nSPS) is 21.8. The highest BCUT2D eigenvalue weighted by atomic mass is 16.3. The van der Waals surface area contributed by atoms with Gasteiger partial charge in [-0.15, -0.1) is 0 Å². The lowest BCUT2D eigenvalue weighted by molar-refractivity contribution is 0.173. The maximum absolute atomic E-state index is 10.0. The van der Waals surface area contributed by atoms with E-state index in [0.717, 1.165) is 30.6 Å². The fourth-order valence-electron chi connectivity index (χ4n) is 2.59. The fraction of sp³-hybridized carbons (Fsp3) is 0.571. The molecule has 2 N–H and O–H groups in total. The van der Waals surface area contributed by atoms with E-state index in [-0.39, 0.29) is 12.6 Å². The molecular weight excluding hydrogens is 214 g/mol. The lowest BCUT2D eigenvalue weighted by Gasteiger charge is -2.28. The largest absolute Gasteiger partial charge is 0.394 e. The maximum atomic E-state index is 10.0. The Balaban J connectivity index is 2.31. The molecule has 17 heavy (non-hydrogen) atoms. The number of aliphatic hydroxyl groups excluding tert-OH is 2. The van der Waals surface area contributed by atoms with Crippen LogP contribution in [-0.4, -0.2) is 29.4 Å². The summed E-state index contributed by atoms with van der Waals surface area (Å²) in [6, 6.07) is 8.19. The van der Waals surface area contributed by atoms with Gasteiger partial charge in [-0.25, -0.2) is 0 Å². The van der Waals surface area contributed by atoms with Gasteiger partial charge in [0, 0.05) is 17.8 Å². The van der Waals surface area contributed by atoms with Crippen LogP contribution in [0.3, 0.4) is 0 Å². The topological polar surface area (TPSA) is 43.7 Å². The van der Waals surface area contributed by atoms with E-state index >= 15 is 0 Å². The molecule has 1 aromatic rings. The molecule has 0 aliphatic carbocycles. The molecule has 1 aliphatic rings. The smallest absolute Gasteiger partial charge is 0.0807 e. The molecule has 3 nitrogen and oxygen atoms in total. The van der Waals surface area contributed by atoms with Crippen molar-refractivity contribution in [3.8, 4) is 0 Å². The quantitative estimate of drug-likeness (QED) is 0.840. The van der Waals surface area contributed by atoms with E-state index in [4.69, 9.17) is 0 Å². The number of aliphatic hydroxyl groups is 2. The Labute approximate surface area is 103 Å². The number of hydrogen-bond acceptors (Lipinski definition) is 3. The molecule has 0 bridgehead atoms. The summed E-state index contributed by atoms with van der Waals surface area (Å²) in [6.45, 7) is 3.14. The molecule has 0 saturated carbocycles. The van der Waals surface area contributed by atoms with Gasteiger partial charge in [-0.1, -0.05) is 25.1 Å². The Kier molecular flexibility index (Phi) is 4.02. The first-order chi connectivity index (χ1) is 8.27. The summed E-state index contributed by atoms with van der Waals surface area (Å²) in [5, 5.41) is 19.4. The van der Waals surface area contributed by atoms with Gasteiger partial charge in [-0.05, 0) is 25.3 Å². The van der Waals surface area contributed by atoms with Gasteiger partial charge in [0.2, 0.25) is 0 Å². The van der Waals surface area contributed by atoms with E-state index < -0.39 is 6.10 Å². The molecule has 2 unspecified atom stereocenters. The van der Waals surface area contributed by atoms with Gasteiger partial charge in [0.1, 0.15) is 0 Å². The van der Waals surface area contributed by atoms with E-state index in [0.29, 0.717) is 6.42 Å². The second-order valence-electron chi connectivity index (χ2n) is 4.65. The van der Waals surface area contributed by atoms with Crippen LogP contribution in [0.15, 0.2) is 24.3 Å². The Morgan fingerprint density at radius 2 is 2.18 bits per heavy atom. The van der Waals surface area contributed by atoms with Crippen molar-refractivity contribution < 1.29 is 10.2 Å². The number of rotatable bonds is 4. The van der Waals surface area contributed by atoms with Crippen LogP contribution in [0.4, 0.5) is 5.69 Å². The van der Waals surface area contributed by atoms with Gasteiger partial charge in [-0.2, -0.15) is 0 Å². The summed E-state index contributed by atoms with van der Waals surface area (Å²) in [6.07, 6.45) is 2.45. The van der Waals surface area contributed by atoms with Crippen molar-refractivity contribution in [2.24, 2.45) is 0 Å². The van der Waals surface area contributed by atoms with Crippen molar-refractivity contribution in [2.45, 2.75) is 38.3 Å². The molecule has 94 valence electrons. The molecule has 1 aromatic carbocycles. The summed E-state index contributed by atoms with van der Waals surface area (Å²) >= 11 is 0. The van der Waals surface area contributed by atoms with Crippen molar-refractivity contribution in [3.05, 3.63) is 29.8 Å². The van der Waals surface area contributed by atoms with E-state index in [9.17, 15) is 10.2 Å². The first-order valence-electron chi connectivity index (χ1n) is 6.42. The highest BCUT2D eigenvalue weighted by molar-refractivity contribution is 5.56. The second kappa shape index (κ2) is 5.52. The van der Waals surface area contributed by atoms with Gasteiger partial charge >= 0.3 is 0 Å². The number of hydrogen-bond donors (Lipinski definition) is 2. The van der Waals surface area contributed by atoms with Gasteiger partial charge in [0.25, 0.3) is 0 Å². The van der Waals surface area contributed by atoms with Crippen LogP contribution < -0.4 is 4.90 Å². The minimum atomic E-state index is -0.411. The first kappa shape index (κ1) is 12.4. The number of benzene rings is 1. The Morgan fingerprint density at radius 1 is 1.41 bits per heavy atom. The second-order valence-corrected chi connectivity index (χ2v) is 4.65. The number of nitrogens with zero attached hydrogens (tertiary/aromatic N) is 1. The van der Waals surface area contributed by atoms with Gasteiger partial charge in [-0.3, -0.25) is 0 Å². The van der Waals surface area contributed by atoms with Crippen molar-refractivity contribution in [1.29, 1.82) is 0 Å². The Bertz CT molecular complexity index is 367. The molecule has 0 radical (unpaired) electrons. The van der Waals surface area contributed by atoms with Crippen molar-refractivity contribution in [2.75, 3.05) is 18.1 Å². The average Bonchev–Trinajstić information content (AvgIpc) is 2.86. The maximum Gasteiger partial charge on any atom is 0.0807 e. The lowest BCUT2D eigenvalue weighted by atomic mass is 10.0. The minimum Gasteiger partial charge on any atom is -0.394 e. The van der Waals surface area contributed by atoms with E-state index in [2.05, 4.69) is 4.90 Å². The third kappa shape index (κ3) is 2.45. The molecular formula is C14H21NO2. The zero-order valence-electron chi connectivity index (χ0n) is 10.3. The summed E-state index contributed by atoms with van der Waals surface area (Å²) in [7, 11) is 0. The zero-order chi connectivity index (χ0) is 12.3. The van der Waals surface area contributed by atoms with E-state index in [1.54, 1.807) is 0 Å². The Hall–Kier alpha value is -1.06. The molecule has 0 spiro atoms. The molecule has 3 heteroatoms. The van der Waals surface area contributed by atoms with E-state index in [1.807, 2.05) is 31.2 Å². The van der Waals surface area contributed by atoms with Gasteiger partial charge in [0.15, 0.2) is 0 Å². The highest BCUT2D eigenvalue weighted by Crippen LogP contribution is 2.32. The molecule has 1 aliphatic heterocycles. The van der Waals surface area contributed by atoms with Crippen LogP contribution in [0.1, 0.15) is 37.9 Å². The molecule has 0 amide bonds. The zero-order valence-corrected chi connectivity index (χ0v) is 10.3. The average molecular weight is 235 g/mol. The molecule has 2 rings (SSSR count). The van der Waals surface area contributed by atoms with Crippen LogP contribution in [0.5, 0.6) is 0 Å². The summed E-state index contributed by atoms with van der Waals surface area (Å²) in [5.41, 5.74) is 2.06. The summed E-state index contributed by atoms with van der Waals surface area (Å²) in [5.74, 6) is 0.